The van der Waals surface area contributed by atoms with Gasteiger partial charge in [0.05, 0.1) is 20.8 Å². The molecule has 0 spiro atoms. The fraction of sp³-hybridized carbons (Fsp3) is 0.571. The normalized spacial score (nSPS) is 26.4. The maximum absolute atomic E-state index is 5.98. The largest absolute Gasteiger partial charge is 0.497 e. The molecule has 1 aromatic carbocycles. The molecule has 1 aromatic rings. The standard InChI is InChI=1S/C14H21NO4/c1-14(6-7-15)18-9-13(19-14)11-8-10(16-2)4-5-12(11)17-3/h4-5,8,13H,6-7,9,15H2,1-3H3. The number of ether oxygens (including phenoxy) is 4. The lowest BCUT2D eigenvalue weighted by Crippen LogP contribution is -2.29. The molecule has 1 aliphatic rings. The van der Waals surface area contributed by atoms with Crippen LogP contribution in [-0.2, 0) is 9.47 Å². The van der Waals surface area contributed by atoms with E-state index in [-0.39, 0.29) is 6.10 Å². The molecule has 0 aliphatic carbocycles. The Kier molecular flexibility index (Phi) is 4.29. The second-order valence-electron chi connectivity index (χ2n) is 4.70. The molecule has 106 valence electrons. The van der Waals surface area contributed by atoms with Crippen LogP contribution in [0.25, 0.3) is 0 Å². The summed E-state index contributed by atoms with van der Waals surface area (Å²) >= 11 is 0. The maximum atomic E-state index is 5.98. The van der Waals surface area contributed by atoms with E-state index < -0.39 is 5.79 Å². The van der Waals surface area contributed by atoms with Crippen molar-refractivity contribution in [3.8, 4) is 11.5 Å². The minimum atomic E-state index is -0.618. The molecule has 1 aliphatic heterocycles. The molecule has 1 heterocycles. The minimum absolute atomic E-state index is 0.165. The molecule has 5 nitrogen and oxygen atoms in total. The first kappa shape index (κ1) is 14.1. The molecule has 19 heavy (non-hydrogen) atoms. The van der Waals surface area contributed by atoms with Gasteiger partial charge in [-0.3, -0.25) is 0 Å². The molecule has 1 saturated heterocycles. The van der Waals surface area contributed by atoms with Crippen LogP contribution in [0, 0.1) is 0 Å². The third-order valence-electron chi connectivity index (χ3n) is 3.31. The Morgan fingerprint density at radius 2 is 2.16 bits per heavy atom. The lowest BCUT2D eigenvalue weighted by atomic mass is 10.1. The van der Waals surface area contributed by atoms with Crippen molar-refractivity contribution in [2.45, 2.75) is 25.2 Å². The van der Waals surface area contributed by atoms with E-state index in [4.69, 9.17) is 24.7 Å². The fourth-order valence-electron chi connectivity index (χ4n) is 2.26. The van der Waals surface area contributed by atoms with Gasteiger partial charge in [-0.25, -0.2) is 0 Å². The topological polar surface area (TPSA) is 62.9 Å². The van der Waals surface area contributed by atoms with E-state index >= 15 is 0 Å². The van der Waals surface area contributed by atoms with E-state index in [0.717, 1.165) is 17.1 Å². The molecule has 1 fully saturated rings. The van der Waals surface area contributed by atoms with Crippen LogP contribution in [0.2, 0.25) is 0 Å². The van der Waals surface area contributed by atoms with Gasteiger partial charge >= 0.3 is 0 Å². The molecular weight excluding hydrogens is 246 g/mol. The Morgan fingerprint density at radius 3 is 2.79 bits per heavy atom. The summed E-state index contributed by atoms with van der Waals surface area (Å²) in [5, 5.41) is 0. The zero-order chi connectivity index (χ0) is 13.9. The Morgan fingerprint density at radius 1 is 1.37 bits per heavy atom. The Balaban J connectivity index is 2.22. The van der Waals surface area contributed by atoms with Crippen molar-refractivity contribution in [3.63, 3.8) is 0 Å². The van der Waals surface area contributed by atoms with Crippen LogP contribution in [0.15, 0.2) is 18.2 Å². The molecular formula is C14H21NO4. The minimum Gasteiger partial charge on any atom is -0.497 e. The quantitative estimate of drug-likeness (QED) is 0.882. The number of rotatable bonds is 5. The molecule has 2 atom stereocenters. The average Bonchev–Trinajstić information content (AvgIpc) is 2.80. The highest BCUT2D eigenvalue weighted by Gasteiger charge is 2.38. The van der Waals surface area contributed by atoms with Gasteiger partial charge in [-0.1, -0.05) is 0 Å². The van der Waals surface area contributed by atoms with Gasteiger partial charge in [0.1, 0.15) is 17.6 Å². The summed E-state index contributed by atoms with van der Waals surface area (Å²) in [7, 11) is 3.27. The predicted octanol–water partition coefficient (Wildman–Crippen LogP) is 1.86. The van der Waals surface area contributed by atoms with Crippen molar-refractivity contribution >= 4 is 0 Å². The van der Waals surface area contributed by atoms with Crippen molar-refractivity contribution in [3.05, 3.63) is 23.8 Å². The van der Waals surface area contributed by atoms with Gasteiger partial charge in [0.25, 0.3) is 0 Å². The summed E-state index contributed by atoms with van der Waals surface area (Å²) in [5.41, 5.74) is 6.51. The van der Waals surface area contributed by atoms with Gasteiger partial charge < -0.3 is 24.7 Å². The van der Waals surface area contributed by atoms with Gasteiger partial charge in [0.15, 0.2) is 5.79 Å². The Bertz CT molecular complexity index is 437. The molecule has 0 aromatic heterocycles. The van der Waals surface area contributed by atoms with Gasteiger partial charge in [-0.2, -0.15) is 0 Å². The van der Waals surface area contributed by atoms with E-state index in [1.807, 2.05) is 25.1 Å². The first-order valence-corrected chi connectivity index (χ1v) is 6.35. The van der Waals surface area contributed by atoms with Crippen LogP contribution >= 0.6 is 0 Å². The molecule has 0 amide bonds. The van der Waals surface area contributed by atoms with Crippen molar-refractivity contribution in [2.24, 2.45) is 5.73 Å². The highest BCUT2D eigenvalue weighted by atomic mass is 16.7. The summed E-state index contributed by atoms with van der Waals surface area (Å²) in [5.74, 6) is 0.922. The summed E-state index contributed by atoms with van der Waals surface area (Å²) < 4.78 is 22.3. The number of nitrogens with two attached hydrogens (primary N) is 1. The van der Waals surface area contributed by atoms with Gasteiger partial charge in [0.2, 0.25) is 0 Å². The van der Waals surface area contributed by atoms with E-state index in [0.29, 0.717) is 19.6 Å². The van der Waals surface area contributed by atoms with E-state index in [9.17, 15) is 0 Å². The molecule has 0 bridgehead atoms. The van der Waals surface area contributed by atoms with Crippen LogP contribution in [0.4, 0.5) is 0 Å². The third-order valence-corrected chi connectivity index (χ3v) is 3.31. The molecule has 2 unspecified atom stereocenters. The van der Waals surface area contributed by atoms with Crippen molar-refractivity contribution in [2.75, 3.05) is 27.4 Å². The fourth-order valence-corrected chi connectivity index (χ4v) is 2.26. The molecule has 5 heteroatoms. The highest BCUT2D eigenvalue weighted by molar-refractivity contribution is 5.42. The van der Waals surface area contributed by atoms with Crippen LogP contribution in [0.3, 0.4) is 0 Å². The Hall–Kier alpha value is -1.30. The molecule has 0 radical (unpaired) electrons. The average molecular weight is 267 g/mol. The lowest BCUT2D eigenvalue weighted by Gasteiger charge is -2.23. The van der Waals surface area contributed by atoms with Crippen molar-refractivity contribution in [1.29, 1.82) is 0 Å². The first-order chi connectivity index (χ1) is 9.11. The second kappa shape index (κ2) is 5.77. The van der Waals surface area contributed by atoms with E-state index in [1.54, 1.807) is 14.2 Å². The summed E-state index contributed by atoms with van der Waals surface area (Å²) in [6, 6.07) is 5.65. The summed E-state index contributed by atoms with van der Waals surface area (Å²) in [4.78, 5) is 0. The van der Waals surface area contributed by atoms with Gasteiger partial charge in [-0.15, -0.1) is 0 Å². The van der Waals surface area contributed by atoms with Gasteiger partial charge in [0, 0.05) is 12.0 Å². The van der Waals surface area contributed by atoms with Crippen molar-refractivity contribution < 1.29 is 18.9 Å². The smallest absolute Gasteiger partial charge is 0.167 e. The van der Waals surface area contributed by atoms with Crippen LogP contribution in [-0.4, -0.2) is 33.2 Å². The Labute approximate surface area is 113 Å². The molecule has 2 rings (SSSR count). The first-order valence-electron chi connectivity index (χ1n) is 6.35. The summed E-state index contributed by atoms with van der Waals surface area (Å²) in [6.07, 6.45) is 0.497. The van der Waals surface area contributed by atoms with Crippen LogP contribution in [0.1, 0.15) is 25.0 Å². The molecule has 2 N–H and O–H groups in total. The monoisotopic (exact) mass is 267 g/mol. The van der Waals surface area contributed by atoms with E-state index in [1.165, 1.54) is 0 Å². The molecule has 0 saturated carbocycles. The number of benzene rings is 1. The lowest BCUT2D eigenvalue weighted by molar-refractivity contribution is -0.157. The predicted molar refractivity (Wildman–Crippen MR) is 71.4 cm³/mol. The maximum Gasteiger partial charge on any atom is 0.167 e. The van der Waals surface area contributed by atoms with E-state index in [2.05, 4.69) is 0 Å². The van der Waals surface area contributed by atoms with Crippen LogP contribution < -0.4 is 15.2 Å². The SMILES string of the molecule is COc1ccc(OC)c(C2COC(C)(CCN)O2)c1. The second-order valence-corrected chi connectivity index (χ2v) is 4.70. The zero-order valence-electron chi connectivity index (χ0n) is 11.6. The highest BCUT2D eigenvalue weighted by Crippen LogP contribution is 2.39. The number of methoxy groups -OCH3 is 2. The number of hydrogen-bond donors (Lipinski definition) is 1. The third kappa shape index (κ3) is 3.00. The number of hydrogen-bond acceptors (Lipinski definition) is 5. The summed E-state index contributed by atoms with van der Waals surface area (Å²) in [6.45, 7) is 2.92. The zero-order valence-corrected chi connectivity index (χ0v) is 11.6. The van der Waals surface area contributed by atoms with Crippen LogP contribution in [0.5, 0.6) is 11.5 Å². The van der Waals surface area contributed by atoms with Crippen molar-refractivity contribution in [1.82, 2.24) is 0 Å². The van der Waals surface area contributed by atoms with Gasteiger partial charge in [-0.05, 0) is 31.7 Å².